The maximum absolute atomic E-state index is 15.4. The molecule has 3 heterocycles. The standard InChI is InChI=1S/C25H23F3N2O3/c1-3-21(31)33-15-9-18(26)22(19(27)10-15)24-23-17(16-6-4-5-7-20(16)29-23)8-14(2)30(24)11-25(28)12-32-13-25/h3-7,9-10,14,24,29H,1,8,11-13H2,2H3/t14-,24-/m1/s1. The molecule has 3 aromatic rings. The maximum atomic E-state index is 15.4. The summed E-state index contributed by atoms with van der Waals surface area (Å²) in [5, 5.41) is 0.975. The number of esters is 1. The Morgan fingerprint density at radius 1 is 1.30 bits per heavy atom. The van der Waals surface area contributed by atoms with Gasteiger partial charge in [0.1, 0.15) is 17.4 Å². The van der Waals surface area contributed by atoms with Gasteiger partial charge in [0, 0.05) is 53.0 Å². The number of para-hydroxylation sites is 1. The van der Waals surface area contributed by atoms with E-state index in [9.17, 15) is 4.79 Å². The second-order valence-electron chi connectivity index (χ2n) is 8.76. The van der Waals surface area contributed by atoms with Crippen molar-refractivity contribution < 1.29 is 27.4 Å². The van der Waals surface area contributed by atoms with Crippen molar-refractivity contribution in [2.24, 2.45) is 0 Å². The van der Waals surface area contributed by atoms with Gasteiger partial charge >= 0.3 is 5.97 Å². The largest absolute Gasteiger partial charge is 0.423 e. The number of aromatic amines is 1. The van der Waals surface area contributed by atoms with Crippen LogP contribution in [0.15, 0.2) is 49.1 Å². The lowest BCUT2D eigenvalue weighted by Crippen LogP contribution is -2.57. The maximum Gasteiger partial charge on any atom is 0.335 e. The molecule has 0 unspecified atom stereocenters. The summed E-state index contributed by atoms with van der Waals surface area (Å²) in [4.78, 5) is 16.6. The van der Waals surface area contributed by atoms with E-state index in [1.54, 1.807) is 4.90 Å². The molecule has 0 aliphatic carbocycles. The number of alkyl halides is 1. The highest BCUT2D eigenvalue weighted by atomic mass is 19.1. The molecule has 1 N–H and O–H groups in total. The molecule has 8 heteroatoms. The number of hydrogen-bond donors (Lipinski definition) is 1. The minimum atomic E-state index is -1.58. The molecule has 1 fully saturated rings. The van der Waals surface area contributed by atoms with E-state index >= 15 is 13.2 Å². The van der Waals surface area contributed by atoms with Crippen molar-refractivity contribution in [2.45, 2.75) is 31.1 Å². The number of ether oxygens (including phenoxy) is 2. The Kier molecular flexibility index (Phi) is 5.29. The molecule has 1 saturated heterocycles. The number of nitrogens with zero attached hydrogens (tertiary/aromatic N) is 1. The van der Waals surface area contributed by atoms with Gasteiger partial charge in [0.25, 0.3) is 0 Å². The highest BCUT2D eigenvalue weighted by Crippen LogP contribution is 2.44. The lowest BCUT2D eigenvalue weighted by Gasteiger charge is -2.46. The Morgan fingerprint density at radius 3 is 2.64 bits per heavy atom. The van der Waals surface area contributed by atoms with Crippen molar-refractivity contribution in [1.82, 2.24) is 9.88 Å². The fourth-order valence-corrected chi connectivity index (χ4v) is 4.85. The van der Waals surface area contributed by atoms with Crippen LogP contribution in [0.5, 0.6) is 5.75 Å². The first-order valence-electron chi connectivity index (χ1n) is 10.7. The number of benzene rings is 2. The molecule has 5 rings (SSSR count). The Hall–Kier alpha value is -3.10. The van der Waals surface area contributed by atoms with Gasteiger partial charge in [-0.15, -0.1) is 0 Å². The van der Waals surface area contributed by atoms with Crippen molar-refractivity contribution in [3.63, 3.8) is 0 Å². The monoisotopic (exact) mass is 456 g/mol. The molecule has 0 amide bonds. The van der Waals surface area contributed by atoms with Crippen LogP contribution in [0.3, 0.4) is 0 Å². The van der Waals surface area contributed by atoms with Crippen molar-refractivity contribution >= 4 is 16.9 Å². The van der Waals surface area contributed by atoms with Gasteiger partial charge in [-0.05, 0) is 25.0 Å². The number of hydrogen-bond acceptors (Lipinski definition) is 4. The SMILES string of the molecule is C=CC(=O)Oc1cc(F)c([C@@H]2c3[nH]c4ccccc4c3C[C@@H](C)N2CC2(F)COC2)c(F)c1. The van der Waals surface area contributed by atoms with E-state index in [1.165, 1.54) is 0 Å². The van der Waals surface area contributed by atoms with Crippen LogP contribution in [-0.4, -0.2) is 47.3 Å². The average molecular weight is 456 g/mol. The second-order valence-corrected chi connectivity index (χ2v) is 8.76. The van der Waals surface area contributed by atoms with Gasteiger partial charge in [0.05, 0.1) is 19.3 Å². The van der Waals surface area contributed by atoms with Gasteiger partial charge in [-0.1, -0.05) is 24.8 Å². The van der Waals surface area contributed by atoms with E-state index in [0.29, 0.717) is 12.1 Å². The van der Waals surface area contributed by atoms with E-state index in [4.69, 9.17) is 9.47 Å². The zero-order valence-electron chi connectivity index (χ0n) is 18.0. The molecule has 2 aliphatic rings. The highest BCUT2D eigenvalue weighted by molar-refractivity contribution is 5.85. The summed E-state index contributed by atoms with van der Waals surface area (Å²) in [6.07, 6.45) is 1.51. The van der Waals surface area contributed by atoms with Crippen molar-refractivity contribution in [3.05, 3.63) is 77.5 Å². The molecular formula is C25H23F3N2O3. The number of fused-ring (bicyclic) bond motifs is 3. The molecule has 2 atom stereocenters. The molecule has 0 radical (unpaired) electrons. The van der Waals surface area contributed by atoms with Crippen LogP contribution >= 0.6 is 0 Å². The Balaban J connectivity index is 1.66. The van der Waals surface area contributed by atoms with Gasteiger partial charge in [-0.2, -0.15) is 0 Å². The zero-order valence-corrected chi connectivity index (χ0v) is 18.0. The summed E-state index contributed by atoms with van der Waals surface area (Å²) in [5.74, 6) is -2.85. The fraction of sp³-hybridized carbons (Fsp3) is 0.320. The van der Waals surface area contributed by atoms with Crippen LogP contribution < -0.4 is 4.74 Å². The van der Waals surface area contributed by atoms with Crippen molar-refractivity contribution in [2.75, 3.05) is 19.8 Å². The molecule has 0 saturated carbocycles. The molecule has 0 spiro atoms. The predicted octanol–water partition coefficient (Wildman–Crippen LogP) is 4.61. The van der Waals surface area contributed by atoms with Gasteiger partial charge < -0.3 is 14.5 Å². The first-order chi connectivity index (χ1) is 15.8. The highest BCUT2D eigenvalue weighted by Gasteiger charge is 2.46. The minimum Gasteiger partial charge on any atom is -0.423 e. The van der Waals surface area contributed by atoms with Gasteiger partial charge in [0.2, 0.25) is 0 Å². The topological polar surface area (TPSA) is 54.6 Å². The Morgan fingerprint density at radius 2 is 2.00 bits per heavy atom. The lowest BCUT2D eigenvalue weighted by atomic mass is 9.86. The summed E-state index contributed by atoms with van der Waals surface area (Å²) in [6.45, 7) is 5.08. The molecule has 2 aromatic carbocycles. The van der Waals surface area contributed by atoms with E-state index < -0.39 is 29.3 Å². The number of halogens is 3. The third kappa shape index (κ3) is 3.73. The van der Waals surface area contributed by atoms with Crippen LogP contribution in [0.1, 0.15) is 29.8 Å². The second kappa shape index (κ2) is 8.04. The van der Waals surface area contributed by atoms with Crippen LogP contribution in [0.4, 0.5) is 13.2 Å². The van der Waals surface area contributed by atoms with E-state index in [0.717, 1.165) is 34.7 Å². The smallest absolute Gasteiger partial charge is 0.335 e. The Bertz CT molecular complexity index is 1230. The summed E-state index contributed by atoms with van der Waals surface area (Å²) in [7, 11) is 0. The third-order valence-electron chi connectivity index (χ3n) is 6.42. The number of nitrogens with one attached hydrogen (secondary N) is 1. The van der Waals surface area contributed by atoms with Gasteiger partial charge in [-0.25, -0.2) is 18.0 Å². The van der Waals surface area contributed by atoms with Crippen LogP contribution in [0, 0.1) is 11.6 Å². The summed E-state index contributed by atoms with van der Waals surface area (Å²) < 4.78 is 55.9. The summed E-state index contributed by atoms with van der Waals surface area (Å²) in [6, 6.07) is 8.52. The van der Waals surface area contributed by atoms with Crippen LogP contribution in [0.2, 0.25) is 0 Å². The number of aromatic nitrogens is 1. The number of H-pyrrole nitrogens is 1. The number of carbonyl (C=O) groups is 1. The fourth-order valence-electron chi connectivity index (χ4n) is 4.85. The average Bonchev–Trinajstić information content (AvgIpc) is 3.12. The first-order valence-corrected chi connectivity index (χ1v) is 10.7. The molecule has 5 nitrogen and oxygen atoms in total. The van der Waals surface area contributed by atoms with Crippen LogP contribution in [-0.2, 0) is 16.0 Å². The van der Waals surface area contributed by atoms with E-state index in [2.05, 4.69) is 11.6 Å². The molecule has 0 bridgehead atoms. The van der Waals surface area contributed by atoms with Gasteiger partial charge in [0.15, 0.2) is 5.67 Å². The molecule has 33 heavy (non-hydrogen) atoms. The Labute approximate surface area is 188 Å². The van der Waals surface area contributed by atoms with Crippen molar-refractivity contribution in [3.8, 4) is 5.75 Å². The van der Waals surface area contributed by atoms with E-state index in [-0.39, 0.29) is 37.1 Å². The normalized spacial score (nSPS) is 21.9. The molecule has 2 aliphatic heterocycles. The quantitative estimate of drug-likeness (QED) is 0.346. The van der Waals surface area contributed by atoms with E-state index in [1.807, 2.05) is 31.2 Å². The van der Waals surface area contributed by atoms with Crippen molar-refractivity contribution in [1.29, 1.82) is 0 Å². The molecular weight excluding hydrogens is 433 g/mol. The number of rotatable bonds is 5. The minimum absolute atomic E-state index is 0.0281. The third-order valence-corrected chi connectivity index (χ3v) is 6.42. The molecule has 172 valence electrons. The first kappa shape index (κ1) is 21.7. The summed E-state index contributed by atoms with van der Waals surface area (Å²) in [5.41, 5.74) is 0.630. The zero-order chi connectivity index (χ0) is 23.3. The van der Waals surface area contributed by atoms with Gasteiger partial charge in [-0.3, -0.25) is 4.90 Å². The predicted molar refractivity (Wildman–Crippen MR) is 117 cm³/mol. The number of carbonyl (C=O) groups excluding carboxylic acids is 1. The van der Waals surface area contributed by atoms with Crippen LogP contribution in [0.25, 0.3) is 10.9 Å². The molecule has 1 aromatic heterocycles. The lowest BCUT2D eigenvalue weighted by molar-refractivity contribution is -0.148. The summed E-state index contributed by atoms with van der Waals surface area (Å²) >= 11 is 0.